The molecule has 2 rings (SSSR count). The van der Waals surface area contributed by atoms with Crippen LogP contribution in [0.5, 0.6) is 5.75 Å². The molecule has 1 heterocycles. The quantitative estimate of drug-likeness (QED) is 0.616. The van der Waals surface area contributed by atoms with Gasteiger partial charge >= 0.3 is 5.97 Å². The van der Waals surface area contributed by atoms with Crippen LogP contribution >= 0.6 is 23.2 Å². The normalized spacial score (nSPS) is 10.5. The van der Waals surface area contributed by atoms with Crippen molar-refractivity contribution >= 4 is 29.2 Å². The van der Waals surface area contributed by atoms with Gasteiger partial charge in [-0.2, -0.15) is 5.10 Å². The van der Waals surface area contributed by atoms with Gasteiger partial charge in [-0.05, 0) is 24.6 Å². The highest BCUT2D eigenvalue weighted by atomic mass is 35.5. The zero-order chi connectivity index (χ0) is 16.1. The van der Waals surface area contributed by atoms with Crippen molar-refractivity contribution in [3.05, 3.63) is 56.4 Å². The first-order valence-electron chi connectivity index (χ1n) is 6.77. The fraction of sp³-hybridized carbons (Fsp3) is 0.267. The molecule has 0 saturated heterocycles. The van der Waals surface area contributed by atoms with E-state index in [1.54, 1.807) is 18.2 Å². The summed E-state index contributed by atoms with van der Waals surface area (Å²) in [5.74, 6) is -0.649. The number of hydrogen-bond donors (Lipinski definition) is 0. The highest BCUT2D eigenvalue weighted by Gasteiger charge is 2.16. The molecule has 0 aliphatic carbocycles. The summed E-state index contributed by atoms with van der Waals surface area (Å²) in [6.45, 7) is 2.45. The zero-order valence-electron chi connectivity index (χ0n) is 11.9. The van der Waals surface area contributed by atoms with Crippen LogP contribution in [-0.2, 0) is 6.54 Å². The SMILES string of the molecule is CCCCn1nc(C(=O)Oc2c(Cl)cccc2Cl)ccc1=O. The number of aryl methyl sites for hydroxylation is 1. The molecule has 0 atom stereocenters. The number of esters is 1. The van der Waals surface area contributed by atoms with Gasteiger partial charge in [-0.3, -0.25) is 4.79 Å². The van der Waals surface area contributed by atoms with Gasteiger partial charge in [0, 0.05) is 12.6 Å². The van der Waals surface area contributed by atoms with E-state index in [2.05, 4.69) is 5.10 Å². The van der Waals surface area contributed by atoms with E-state index < -0.39 is 5.97 Å². The van der Waals surface area contributed by atoms with Crippen LogP contribution in [0.15, 0.2) is 35.1 Å². The van der Waals surface area contributed by atoms with E-state index in [1.807, 2.05) is 6.92 Å². The Bertz CT molecular complexity index is 724. The number of carbonyl (C=O) groups is 1. The van der Waals surface area contributed by atoms with Crippen LogP contribution in [0, 0.1) is 0 Å². The molecule has 0 spiro atoms. The largest absolute Gasteiger partial charge is 0.419 e. The summed E-state index contributed by atoms with van der Waals surface area (Å²) in [7, 11) is 0. The minimum Gasteiger partial charge on any atom is -0.419 e. The molecule has 0 N–H and O–H groups in total. The van der Waals surface area contributed by atoms with Crippen molar-refractivity contribution in [2.45, 2.75) is 26.3 Å². The number of para-hydroxylation sites is 1. The zero-order valence-corrected chi connectivity index (χ0v) is 13.4. The van der Waals surface area contributed by atoms with Gasteiger partial charge in [0.2, 0.25) is 0 Å². The average molecular weight is 341 g/mol. The van der Waals surface area contributed by atoms with Crippen LogP contribution < -0.4 is 10.3 Å². The maximum absolute atomic E-state index is 12.1. The molecule has 2 aromatic rings. The Morgan fingerprint density at radius 1 is 1.23 bits per heavy atom. The summed E-state index contributed by atoms with van der Waals surface area (Å²) >= 11 is 11.9. The molecule has 22 heavy (non-hydrogen) atoms. The van der Waals surface area contributed by atoms with E-state index in [0.29, 0.717) is 6.54 Å². The van der Waals surface area contributed by atoms with Gasteiger partial charge in [-0.1, -0.05) is 42.6 Å². The van der Waals surface area contributed by atoms with Gasteiger partial charge in [0.1, 0.15) is 0 Å². The predicted octanol–water partition coefficient (Wildman–Crippen LogP) is 3.57. The first kappa shape index (κ1) is 16.5. The molecule has 0 aliphatic heterocycles. The van der Waals surface area contributed by atoms with Crippen LogP contribution in [0.4, 0.5) is 0 Å². The first-order chi connectivity index (χ1) is 10.5. The Morgan fingerprint density at radius 3 is 2.55 bits per heavy atom. The first-order valence-corrected chi connectivity index (χ1v) is 7.53. The van der Waals surface area contributed by atoms with Crippen LogP contribution in [0.1, 0.15) is 30.3 Å². The standard InChI is InChI=1S/C15H14Cl2N2O3/c1-2-3-9-19-13(20)8-7-12(18-19)15(21)22-14-10(16)5-4-6-11(14)17/h4-8H,2-3,9H2,1H3. The Morgan fingerprint density at radius 2 is 1.91 bits per heavy atom. The van der Waals surface area contributed by atoms with Crippen LogP contribution in [-0.4, -0.2) is 15.7 Å². The van der Waals surface area contributed by atoms with Crippen molar-refractivity contribution in [2.75, 3.05) is 0 Å². The second-order valence-corrected chi connectivity index (χ2v) is 5.39. The number of aromatic nitrogens is 2. The van der Waals surface area contributed by atoms with E-state index in [4.69, 9.17) is 27.9 Å². The van der Waals surface area contributed by atoms with Gasteiger partial charge in [0.25, 0.3) is 5.56 Å². The number of nitrogens with zero attached hydrogens (tertiary/aromatic N) is 2. The number of unbranched alkanes of at least 4 members (excludes halogenated alkanes) is 1. The second-order valence-electron chi connectivity index (χ2n) is 4.57. The highest BCUT2D eigenvalue weighted by Crippen LogP contribution is 2.32. The molecule has 0 radical (unpaired) electrons. The summed E-state index contributed by atoms with van der Waals surface area (Å²) in [5.41, 5.74) is -0.243. The average Bonchev–Trinajstić information content (AvgIpc) is 2.50. The minimum absolute atomic E-state index is 0.0201. The lowest BCUT2D eigenvalue weighted by Crippen LogP contribution is -2.25. The molecule has 5 nitrogen and oxygen atoms in total. The molecule has 116 valence electrons. The van der Waals surface area contributed by atoms with E-state index in [1.165, 1.54) is 16.8 Å². The molecule has 7 heteroatoms. The topological polar surface area (TPSA) is 61.2 Å². The Balaban J connectivity index is 2.24. The lowest BCUT2D eigenvalue weighted by molar-refractivity contribution is 0.0725. The lowest BCUT2D eigenvalue weighted by atomic mass is 10.3. The Labute approximate surface area is 137 Å². The van der Waals surface area contributed by atoms with Gasteiger partial charge in [-0.15, -0.1) is 0 Å². The fourth-order valence-corrected chi connectivity index (χ4v) is 2.23. The summed E-state index contributed by atoms with van der Waals surface area (Å²) < 4.78 is 6.42. The van der Waals surface area contributed by atoms with Crippen molar-refractivity contribution in [2.24, 2.45) is 0 Å². The molecule has 0 unspecified atom stereocenters. The van der Waals surface area contributed by atoms with Gasteiger partial charge in [-0.25, -0.2) is 9.48 Å². The monoisotopic (exact) mass is 340 g/mol. The highest BCUT2D eigenvalue weighted by molar-refractivity contribution is 6.37. The lowest BCUT2D eigenvalue weighted by Gasteiger charge is -2.09. The van der Waals surface area contributed by atoms with Gasteiger partial charge in [0.05, 0.1) is 10.0 Å². The number of halogens is 2. The van der Waals surface area contributed by atoms with E-state index in [0.717, 1.165) is 12.8 Å². The van der Waals surface area contributed by atoms with Crippen LogP contribution in [0.25, 0.3) is 0 Å². The molecule has 0 aliphatic rings. The second kappa shape index (κ2) is 7.42. The number of ether oxygens (including phenoxy) is 1. The van der Waals surface area contributed by atoms with Crippen molar-refractivity contribution in [1.29, 1.82) is 0 Å². The van der Waals surface area contributed by atoms with Crippen LogP contribution in [0.3, 0.4) is 0 Å². The van der Waals surface area contributed by atoms with E-state index >= 15 is 0 Å². The molecule has 0 bridgehead atoms. The fourth-order valence-electron chi connectivity index (χ4n) is 1.75. The molecule has 1 aromatic heterocycles. The number of carbonyl (C=O) groups excluding carboxylic acids is 1. The van der Waals surface area contributed by atoms with Crippen molar-refractivity contribution in [3.8, 4) is 5.75 Å². The summed E-state index contributed by atoms with van der Waals surface area (Å²) in [5, 5.41) is 4.45. The third-order valence-corrected chi connectivity index (χ3v) is 3.51. The van der Waals surface area contributed by atoms with Crippen molar-refractivity contribution in [1.82, 2.24) is 9.78 Å². The molecule has 0 amide bonds. The Hall–Kier alpha value is -1.85. The molecule has 0 saturated carbocycles. The maximum Gasteiger partial charge on any atom is 0.364 e. The van der Waals surface area contributed by atoms with Gasteiger partial charge in [0.15, 0.2) is 11.4 Å². The van der Waals surface area contributed by atoms with Crippen LogP contribution in [0.2, 0.25) is 10.0 Å². The third-order valence-electron chi connectivity index (χ3n) is 2.91. The van der Waals surface area contributed by atoms with E-state index in [9.17, 15) is 9.59 Å². The molecular formula is C15H14Cl2N2O3. The third kappa shape index (κ3) is 3.87. The van der Waals surface area contributed by atoms with Crippen molar-refractivity contribution in [3.63, 3.8) is 0 Å². The van der Waals surface area contributed by atoms with Crippen molar-refractivity contribution < 1.29 is 9.53 Å². The predicted molar refractivity (Wildman–Crippen MR) is 84.8 cm³/mol. The molecule has 0 fully saturated rings. The minimum atomic E-state index is -0.722. The summed E-state index contributed by atoms with van der Waals surface area (Å²) in [6, 6.07) is 7.37. The maximum atomic E-state index is 12.1. The Kier molecular flexibility index (Phi) is 5.57. The summed E-state index contributed by atoms with van der Waals surface area (Å²) in [6.07, 6.45) is 1.71. The van der Waals surface area contributed by atoms with E-state index in [-0.39, 0.29) is 27.0 Å². The number of hydrogen-bond acceptors (Lipinski definition) is 4. The molecule has 1 aromatic carbocycles. The molecular weight excluding hydrogens is 327 g/mol. The number of benzene rings is 1. The summed E-state index contributed by atoms with van der Waals surface area (Å²) in [4.78, 5) is 23.8. The number of rotatable bonds is 5. The smallest absolute Gasteiger partial charge is 0.364 e. The van der Waals surface area contributed by atoms with Gasteiger partial charge < -0.3 is 4.74 Å².